The van der Waals surface area contributed by atoms with Crippen molar-refractivity contribution < 1.29 is 28.3 Å². The van der Waals surface area contributed by atoms with E-state index in [9.17, 15) is 14.6 Å². The second-order valence-electron chi connectivity index (χ2n) is 6.64. The number of rotatable bonds is 10. The predicted molar refractivity (Wildman–Crippen MR) is 112 cm³/mol. The number of phosphoric ester groups is 1. The molecular weight excluding hydrogens is 405 g/mol. The number of hydrogen-bond donors (Lipinski definition) is 2. The molecule has 0 saturated heterocycles. The average Bonchev–Trinajstić information content (AvgIpc) is 2.79. The van der Waals surface area contributed by atoms with Crippen molar-refractivity contribution in [3.8, 4) is 11.3 Å². The zero-order chi connectivity index (χ0) is 21.4. The van der Waals surface area contributed by atoms with Gasteiger partial charge < -0.3 is 14.7 Å². The fourth-order valence-electron chi connectivity index (χ4n) is 2.77. The molecule has 0 fully saturated rings. The van der Waals surface area contributed by atoms with Crippen LogP contribution < -0.4 is 0 Å². The Balaban J connectivity index is 1.53. The van der Waals surface area contributed by atoms with Crippen LogP contribution in [-0.4, -0.2) is 22.1 Å². The summed E-state index contributed by atoms with van der Waals surface area (Å²) in [4.78, 5) is 13.6. The average molecular weight is 429 g/mol. The minimum Gasteiger partial charge on any atom is -0.392 e. The Morgan fingerprint density at radius 2 is 1.60 bits per heavy atom. The first-order valence-corrected chi connectivity index (χ1v) is 10.8. The molecule has 0 aliphatic heterocycles. The molecule has 1 heterocycles. The summed E-state index contributed by atoms with van der Waals surface area (Å²) < 4.78 is 26.3. The highest BCUT2D eigenvalue weighted by molar-refractivity contribution is 7.47. The van der Waals surface area contributed by atoms with Gasteiger partial charge in [0.25, 0.3) is 0 Å². The molecule has 0 radical (unpaired) electrons. The molecule has 3 aromatic rings. The van der Waals surface area contributed by atoms with Crippen LogP contribution in [0.3, 0.4) is 0 Å². The van der Waals surface area contributed by atoms with Gasteiger partial charge in [-0.3, -0.25) is 14.0 Å². The zero-order valence-electron chi connectivity index (χ0n) is 16.6. The van der Waals surface area contributed by atoms with Gasteiger partial charge in [0.15, 0.2) is 0 Å². The molecule has 8 heteroatoms. The predicted octanol–water partition coefficient (Wildman–Crippen LogP) is 4.22. The third-order valence-corrected chi connectivity index (χ3v) is 5.33. The van der Waals surface area contributed by atoms with E-state index in [1.165, 1.54) is 0 Å². The summed E-state index contributed by atoms with van der Waals surface area (Å²) in [5.74, 6) is 0. The minimum absolute atomic E-state index is 0.0206. The van der Waals surface area contributed by atoms with Crippen molar-refractivity contribution in [2.45, 2.75) is 26.4 Å². The SMILES string of the molecule is COP(=O)(O)OCc1ccc(-c2ccc(COCc3cccc(CO)c3)cc2)nc1. The molecule has 7 nitrogen and oxygen atoms in total. The molecule has 1 unspecified atom stereocenters. The summed E-state index contributed by atoms with van der Waals surface area (Å²) in [7, 11) is -2.88. The summed E-state index contributed by atoms with van der Waals surface area (Å²) in [6, 6.07) is 19.2. The Bertz CT molecular complexity index is 991. The number of aromatic nitrogens is 1. The van der Waals surface area contributed by atoms with Gasteiger partial charge in [-0.1, -0.05) is 54.6 Å². The van der Waals surface area contributed by atoms with Crippen LogP contribution in [0.5, 0.6) is 0 Å². The Labute approximate surface area is 175 Å². The van der Waals surface area contributed by atoms with Crippen LogP contribution in [0.2, 0.25) is 0 Å². The molecule has 2 N–H and O–H groups in total. The summed E-state index contributed by atoms with van der Waals surface area (Å²) >= 11 is 0. The molecule has 1 aromatic heterocycles. The van der Waals surface area contributed by atoms with Gasteiger partial charge in [0.05, 0.1) is 32.1 Å². The Hall–Kier alpha value is -2.38. The summed E-state index contributed by atoms with van der Waals surface area (Å²) in [6.07, 6.45) is 1.60. The summed E-state index contributed by atoms with van der Waals surface area (Å²) in [5.41, 5.74) is 5.34. The highest BCUT2D eigenvalue weighted by Crippen LogP contribution is 2.42. The summed E-state index contributed by atoms with van der Waals surface area (Å²) in [6.45, 7) is 0.914. The highest BCUT2D eigenvalue weighted by atomic mass is 31.2. The molecule has 0 aliphatic carbocycles. The summed E-state index contributed by atoms with van der Waals surface area (Å²) in [5, 5.41) is 9.19. The topological polar surface area (TPSA) is 98.1 Å². The first-order valence-electron chi connectivity index (χ1n) is 9.33. The number of hydrogen-bond acceptors (Lipinski definition) is 6. The molecule has 30 heavy (non-hydrogen) atoms. The van der Waals surface area contributed by atoms with Crippen LogP contribution in [0.25, 0.3) is 11.3 Å². The molecular formula is C22H24NO6P. The molecule has 158 valence electrons. The van der Waals surface area contributed by atoms with Gasteiger partial charge in [0.2, 0.25) is 0 Å². The standard InChI is InChI=1S/C22H24NO6P/c1-27-30(25,26)29-16-20-7-10-22(23-12-20)21-8-5-17(6-9-21)14-28-15-19-4-2-3-18(11-19)13-24/h2-12,24H,13-16H2,1H3,(H,25,26). The minimum atomic E-state index is -4.00. The van der Waals surface area contributed by atoms with E-state index in [2.05, 4.69) is 9.51 Å². The van der Waals surface area contributed by atoms with E-state index in [4.69, 9.17) is 9.26 Å². The van der Waals surface area contributed by atoms with Crippen molar-refractivity contribution in [1.29, 1.82) is 0 Å². The van der Waals surface area contributed by atoms with Crippen molar-refractivity contribution in [1.82, 2.24) is 4.98 Å². The fraction of sp³-hybridized carbons (Fsp3) is 0.227. The van der Waals surface area contributed by atoms with E-state index >= 15 is 0 Å². The number of aliphatic hydroxyl groups excluding tert-OH is 1. The van der Waals surface area contributed by atoms with Gasteiger partial charge in [-0.15, -0.1) is 0 Å². The number of pyridine rings is 1. The first-order chi connectivity index (χ1) is 14.5. The maximum absolute atomic E-state index is 11.3. The highest BCUT2D eigenvalue weighted by Gasteiger charge is 2.18. The van der Waals surface area contributed by atoms with Crippen molar-refractivity contribution in [3.63, 3.8) is 0 Å². The van der Waals surface area contributed by atoms with E-state index in [1.807, 2.05) is 54.6 Å². The van der Waals surface area contributed by atoms with Gasteiger partial charge in [-0.05, 0) is 28.3 Å². The van der Waals surface area contributed by atoms with Crippen molar-refractivity contribution in [3.05, 3.63) is 89.1 Å². The molecule has 0 spiro atoms. The van der Waals surface area contributed by atoms with Crippen LogP contribution >= 0.6 is 7.82 Å². The number of aliphatic hydroxyl groups is 1. The Morgan fingerprint density at radius 3 is 2.27 bits per heavy atom. The molecule has 3 rings (SSSR count). The number of nitrogens with zero attached hydrogens (tertiary/aromatic N) is 1. The van der Waals surface area contributed by atoms with Crippen LogP contribution in [0.15, 0.2) is 66.9 Å². The normalized spacial score (nSPS) is 13.2. The van der Waals surface area contributed by atoms with E-state index < -0.39 is 7.82 Å². The lowest BCUT2D eigenvalue weighted by atomic mass is 10.1. The smallest absolute Gasteiger partial charge is 0.392 e. The third-order valence-electron chi connectivity index (χ3n) is 4.41. The van der Waals surface area contributed by atoms with E-state index in [0.717, 1.165) is 35.1 Å². The number of ether oxygens (including phenoxy) is 1. The third kappa shape index (κ3) is 6.57. The lowest BCUT2D eigenvalue weighted by molar-refractivity contribution is 0.107. The second kappa shape index (κ2) is 10.6. The maximum Gasteiger partial charge on any atom is 0.472 e. The number of phosphoric acid groups is 1. The Kier molecular flexibility index (Phi) is 7.87. The lowest BCUT2D eigenvalue weighted by Gasteiger charge is -2.09. The molecule has 2 aromatic carbocycles. The van der Waals surface area contributed by atoms with Crippen molar-refractivity contribution in [2.75, 3.05) is 7.11 Å². The van der Waals surface area contributed by atoms with E-state index in [0.29, 0.717) is 18.8 Å². The first kappa shape index (κ1) is 22.3. The molecule has 0 aliphatic rings. The largest absolute Gasteiger partial charge is 0.472 e. The van der Waals surface area contributed by atoms with Crippen molar-refractivity contribution in [2.24, 2.45) is 0 Å². The monoisotopic (exact) mass is 429 g/mol. The van der Waals surface area contributed by atoms with Gasteiger partial charge in [0, 0.05) is 18.9 Å². The van der Waals surface area contributed by atoms with Gasteiger partial charge in [0.1, 0.15) is 0 Å². The Morgan fingerprint density at radius 1 is 0.900 bits per heavy atom. The maximum atomic E-state index is 11.3. The van der Waals surface area contributed by atoms with Crippen LogP contribution in [0.1, 0.15) is 22.3 Å². The molecule has 1 atom stereocenters. The van der Waals surface area contributed by atoms with Gasteiger partial charge >= 0.3 is 7.82 Å². The quantitative estimate of drug-likeness (QED) is 0.466. The fourth-order valence-corrected chi connectivity index (χ4v) is 3.18. The van der Waals surface area contributed by atoms with Gasteiger partial charge in [-0.25, -0.2) is 4.57 Å². The van der Waals surface area contributed by atoms with Crippen LogP contribution in [0, 0.1) is 0 Å². The van der Waals surface area contributed by atoms with E-state index in [-0.39, 0.29) is 13.2 Å². The molecule has 0 amide bonds. The second-order valence-corrected chi connectivity index (χ2v) is 8.20. The molecule has 0 saturated carbocycles. The van der Waals surface area contributed by atoms with Gasteiger partial charge in [-0.2, -0.15) is 0 Å². The number of benzene rings is 2. The lowest BCUT2D eigenvalue weighted by Crippen LogP contribution is -1.96. The molecule has 0 bridgehead atoms. The van der Waals surface area contributed by atoms with Crippen LogP contribution in [-0.2, 0) is 44.8 Å². The van der Waals surface area contributed by atoms with Crippen LogP contribution in [0.4, 0.5) is 0 Å². The van der Waals surface area contributed by atoms with Crippen molar-refractivity contribution >= 4 is 7.82 Å². The zero-order valence-corrected chi connectivity index (χ0v) is 17.5. The van der Waals surface area contributed by atoms with E-state index in [1.54, 1.807) is 12.3 Å².